The van der Waals surface area contributed by atoms with E-state index in [0.717, 1.165) is 23.3 Å². The summed E-state index contributed by atoms with van der Waals surface area (Å²) in [4.78, 5) is 1.31. The SMILES string of the molecule is CCC(CC)(CNS(=O)(=O)c1c(C)csc1CNC)SC. The first kappa shape index (κ1) is 19.0. The van der Waals surface area contributed by atoms with Crippen molar-refractivity contribution in [2.45, 2.75) is 49.8 Å². The van der Waals surface area contributed by atoms with Gasteiger partial charge in [0.2, 0.25) is 10.0 Å². The van der Waals surface area contributed by atoms with Gasteiger partial charge in [-0.15, -0.1) is 11.3 Å². The summed E-state index contributed by atoms with van der Waals surface area (Å²) in [5.74, 6) is 0. The molecule has 0 bridgehead atoms. The highest BCUT2D eigenvalue weighted by Gasteiger charge is 2.29. The molecule has 1 heterocycles. The zero-order valence-electron chi connectivity index (χ0n) is 13.4. The number of aryl methyl sites for hydroxylation is 1. The molecule has 0 aliphatic heterocycles. The second-order valence-electron chi connectivity index (χ2n) is 5.12. The zero-order valence-corrected chi connectivity index (χ0v) is 15.9. The molecular formula is C14H26N2O2S3. The molecule has 122 valence electrons. The fraction of sp³-hybridized carbons (Fsp3) is 0.714. The van der Waals surface area contributed by atoms with Gasteiger partial charge in [0.05, 0.1) is 0 Å². The van der Waals surface area contributed by atoms with Crippen LogP contribution in [0.5, 0.6) is 0 Å². The van der Waals surface area contributed by atoms with E-state index >= 15 is 0 Å². The van der Waals surface area contributed by atoms with Gasteiger partial charge in [-0.25, -0.2) is 13.1 Å². The third kappa shape index (κ3) is 4.45. The number of rotatable bonds is 9. The van der Waals surface area contributed by atoms with E-state index in [1.54, 1.807) is 11.8 Å². The van der Waals surface area contributed by atoms with Crippen molar-refractivity contribution in [1.82, 2.24) is 10.0 Å². The third-order valence-corrected chi connectivity index (χ3v) is 8.35. The number of hydrogen-bond donors (Lipinski definition) is 2. The maximum Gasteiger partial charge on any atom is 0.242 e. The van der Waals surface area contributed by atoms with Crippen LogP contribution in [0.15, 0.2) is 10.3 Å². The lowest BCUT2D eigenvalue weighted by molar-refractivity contribution is 0.521. The van der Waals surface area contributed by atoms with Crippen LogP contribution < -0.4 is 10.0 Å². The van der Waals surface area contributed by atoms with E-state index in [0.29, 0.717) is 18.0 Å². The van der Waals surface area contributed by atoms with Gasteiger partial charge in [0.25, 0.3) is 0 Å². The molecule has 1 aromatic rings. The molecule has 0 aliphatic carbocycles. The van der Waals surface area contributed by atoms with Crippen molar-refractivity contribution in [3.05, 3.63) is 15.8 Å². The second-order valence-corrected chi connectivity index (χ2v) is 9.06. The smallest absolute Gasteiger partial charge is 0.242 e. The van der Waals surface area contributed by atoms with Crippen LogP contribution in [0.1, 0.15) is 37.1 Å². The molecule has 1 rings (SSSR count). The molecule has 7 heteroatoms. The Bertz CT molecular complexity index is 540. The van der Waals surface area contributed by atoms with Crippen molar-refractivity contribution in [3.63, 3.8) is 0 Å². The van der Waals surface area contributed by atoms with Crippen molar-refractivity contribution in [1.29, 1.82) is 0 Å². The molecule has 0 aromatic carbocycles. The summed E-state index contributed by atoms with van der Waals surface area (Å²) in [6.45, 7) is 7.11. The quantitative estimate of drug-likeness (QED) is 0.719. The maximum absolute atomic E-state index is 12.7. The molecule has 0 atom stereocenters. The summed E-state index contributed by atoms with van der Waals surface area (Å²) >= 11 is 3.23. The number of sulfonamides is 1. The van der Waals surface area contributed by atoms with Crippen molar-refractivity contribution in [3.8, 4) is 0 Å². The number of thiophene rings is 1. The molecule has 0 saturated heterocycles. The van der Waals surface area contributed by atoms with Crippen LogP contribution in [0.4, 0.5) is 0 Å². The van der Waals surface area contributed by atoms with Gasteiger partial charge < -0.3 is 5.32 Å². The van der Waals surface area contributed by atoms with Crippen molar-refractivity contribution >= 4 is 33.1 Å². The van der Waals surface area contributed by atoms with Crippen molar-refractivity contribution in [2.24, 2.45) is 0 Å². The van der Waals surface area contributed by atoms with E-state index in [9.17, 15) is 8.42 Å². The molecule has 1 aromatic heterocycles. The lowest BCUT2D eigenvalue weighted by Crippen LogP contribution is -2.39. The summed E-state index contributed by atoms with van der Waals surface area (Å²) in [5, 5.41) is 4.94. The molecule has 0 spiro atoms. The molecule has 0 radical (unpaired) electrons. The lowest BCUT2D eigenvalue weighted by Gasteiger charge is -2.29. The van der Waals surface area contributed by atoms with Gasteiger partial charge in [-0.1, -0.05) is 13.8 Å². The molecule has 0 fully saturated rings. The highest BCUT2D eigenvalue weighted by atomic mass is 32.2. The van der Waals surface area contributed by atoms with Gasteiger partial charge in [-0.2, -0.15) is 11.8 Å². The number of nitrogens with one attached hydrogen (secondary N) is 2. The fourth-order valence-corrected chi connectivity index (χ4v) is 6.12. The Morgan fingerprint density at radius 1 is 1.33 bits per heavy atom. The van der Waals surface area contributed by atoms with Crippen molar-refractivity contribution in [2.75, 3.05) is 19.8 Å². The summed E-state index contributed by atoms with van der Waals surface area (Å²) in [6.07, 6.45) is 3.93. The minimum atomic E-state index is -3.46. The first-order valence-corrected chi connectivity index (χ1v) is 10.7. The van der Waals surface area contributed by atoms with Crippen molar-refractivity contribution < 1.29 is 8.42 Å². The van der Waals surface area contributed by atoms with Crippen LogP contribution >= 0.6 is 23.1 Å². The van der Waals surface area contributed by atoms with Gasteiger partial charge in [-0.3, -0.25) is 0 Å². The third-order valence-electron chi connectivity index (χ3n) is 3.90. The fourth-order valence-electron chi connectivity index (χ4n) is 2.29. The van der Waals surface area contributed by atoms with Gasteiger partial charge in [0.15, 0.2) is 0 Å². The van der Waals surface area contributed by atoms with E-state index in [2.05, 4.69) is 23.9 Å². The molecule has 0 unspecified atom stereocenters. The van der Waals surface area contributed by atoms with Gasteiger partial charge in [0, 0.05) is 22.7 Å². The Kier molecular flexibility index (Phi) is 7.19. The van der Waals surface area contributed by atoms with Crippen LogP contribution in [0, 0.1) is 6.92 Å². The molecule has 0 amide bonds. The lowest BCUT2D eigenvalue weighted by atomic mass is 10.0. The van der Waals surface area contributed by atoms with E-state index < -0.39 is 10.0 Å². The standard InChI is InChI=1S/C14H26N2O2S3/c1-6-14(7-2,19-5)10-16-21(17,18)13-11(3)9-20-12(13)8-15-4/h9,15-16H,6-8,10H2,1-5H3. The van der Waals surface area contributed by atoms with E-state index in [1.807, 2.05) is 25.6 Å². The largest absolute Gasteiger partial charge is 0.315 e. The summed E-state index contributed by atoms with van der Waals surface area (Å²) < 4.78 is 28.1. The first-order valence-electron chi connectivity index (χ1n) is 7.12. The van der Waals surface area contributed by atoms with Gasteiger partial charge in [0.1, 0.15) is 4.90 Å². The number of thioether (sulfide) groups is 1. The van der Waals surface area contributed by atoms with Crippen LogP contribution in [0.2, 0.25) is 0 Å². The monoisotopic (exact) mass is 350 g/mol. The van der Waals surface area contributed by atoms with Crippen LogP contribution in [-0.4, -0.2) is 33.0 Å². The van der Waals surface area contributed by atoms with Gasteiger partial charge >= 0.3 is 0 Å². The van der Waals surface area contributed by atoms with Crippen LogP contribution in [0.3, 0.4) is 0 Å². The minimum Gasteiger partial charge on any atom is -0.315 e. The Labute approximate surface area is 137 Å². The van der Waals surface area contributed by atoms with E-state index in [4.69, 9.17) is 0 Å². The average molecular weight is 351 g/mol. The van der Waals surface area contributed by atoms with Gasteiger partial charge in [-0.05, 0) is 44.0 Å². The Morgan fingerprint density at radius 3 is 2.43 bits per heavy atom. The first-order chi connectivity index (χ1) is 9.85. The van der Waals surface area contributed by atoms with E-state index in [1.165, 1.54) is 11.3 Å². The molecular weight excluding hydrogens is 324 g/mol. The second kappa shape index (κ2) is 7.97. The summed E-state index contributed by atoms with van der Waals surface area (Å²) in [6, 6.07) is 0. The predicted molar refractivity (Wildman–Crippen MR) is 93.8 cm³/mol. The topological polar surface area (TPSA) is 58.2 Å². The number of hydrogen-bond acceptors (Lipinski definition) is 5. The average Bonchev–Trinajstić information content (AvgIpc) is 2.83. The summed E-state index contributed by atoms with van der Waals surface area (Å²) in [5.41, 5.74) is 0.820. The predicted octanol–water partition coefficient (Wildman–Crippen LogP) is 2.98. The molecule has 0 saturated carbocycles. The molecule has 4 nitrogen and oxygen atoms in total. The zero-order chi connectivity index (χ0) is 16.1. The molecule has 21 heavy (non-hydrogen) atoms. The van der Waals surface area contributed by atoms with Crippen LogP contribution in [0.25, 0.3) is 0 Å². The summed E-state index contributed by atoms with van der Waals surface area (Å²) in [7, 11) is -1.63. The highest BCUT2D eigenvalue weighted by molar-refractivity contribution is 8.00. The highest BCUT2D eigenvalue weighted by Crippen LogP contribution is 2.31. The minimum absolute atomic E-state index is 0.0276. The Balaban J connectivity index is 3.00. The van der Waals surface area contributed by atoms with Crippen LogP contribution in [-0.2, 0) is 16.6 Å². The Hall–Kier alpha value is -0.0800. The van der Waals surface area contributed by atoms with E-state index in [-0.39, 0.29) is 4.75 Å². The molecule has 2 N–H and O–H groups in total. The maximum atomic E-state index is 12.7. The molecule has 0 aliphatic rings. The Morgan fingerprint density at radius 2 is 1.95 bits per heavy atom. The normalized spacial score (nSPS) is 12.8.